The van der Waals surface area contributed by atoms with Crippen molar-refractivity contribution in [3.8, 4) is 0 Å². The molecule has 0 spiro atoms. The Hall–Kier alpha value is -1.34. The van der Waals surface area contributed by atoms with Crippen molar-refractivity contribution < 1.29 is 9.53 Å². The topological polar surface area (TPSA) is 80.5 Å². The van der Waals surface area contributed by atoms with Crippen LogP contribution in [-0.4, -0.2) is 49.6 Å². The van der Waals surface area contributed by atoms with Gasteiger partial charge >= 0.3 is 0 Å². The number of hydrogen-bond acceptors (Lipinski definition) is 6. The molecular weight excluding hydrogens is 276 g/mol. The lowest BCUT2D eigenvalue weighted by Gasteiger charge is -2.29. The van der Waals surface area contributed by atoms with Crippen LogP contribution in [0.2, 0.25) is 0 Å². The summed E-state index contributed by atoms with van der Waals surface area (Å²) >= 11 is 1.31. The Morgan fingerprint density at radius 1 is 1.60 bits per heavy atom. The third-order valence-electron chi connectivity index (χ3n) is 3.53. The minimum atomic E-state index is -0.0355. The predicted molar refractivity (Wildman–Crippen MR) is 81.2 cm³/mol. The van der Waals surface area contributed by atoms with E-state index in [9.17, 15) is 4.79 Å². The van der Waals surface area contributed by atoms with Crippen LogP contribution in [0.5, 0.6) is 0 Å². The average molecular weight is 298 g/mol. The van der Waals surface area contributed by atoms with E-state index in [-0.39, 0.29) is 5.91 Å². The van der Waals surface area contributed by atoms with Gasteiger partial charge in [-0.25, -0.2) is 4.98 Å². The van der Waals surface area contributed by atoms with Gasteiger partial charge in [0, 0.05) is 27.2 Å². The van der Waals surface area contributed by atoms with Crippen molar-refractivity contribution in [3.63, 3.8) is 0 Å². The summed E-state index contributed by atoms with van der Waals surface area (Å²) in [5.74, 6) is 0.921. The maximum Gasteiger partial charge on any atom is 0.267 e. The highest BCUT2D eigenvalue weighted by atomic mass is 32.1. The van der Waals surface area contributed by atoms with Gasteiger partial charge in [0.25, 0.3) is 5.91 Å². The summed E-state index contributed by atoms with van der Waals surface area (Å²) in [4.78, 5) is 18.8. The number of nitrogens with two attached hydrogens (primary N) is 1. The molecule has 1 heterocycles. The molecular formula is C13H22N4O2S. The molecule has 1 aliphatic carbocycles. The number of carbonyl (C=O) groups excluding carboxylic acids is 1. The van der Waals surface area contributed by atoms with Crippen LogP contribution in [0.4, 0.5) is 10.9 Å². The smallest absolute Gasteiger partial charge is 0.267 e. The number of nitrogens with zero attached hydrogens (tertiary/aromatic N) is 2. The van der Waals surface area contributed by atoms with Crippen LogP contribution in [-0.2, 0) is 4.74 Å². The van der Waals surface area contributed by atoms with E-state index < -0.39 is 0 Å². The lowest BCUT2D eigenvalue weighted by molar-refractivity contribution is 0.0751. The number of aromatic nitrogens is 1. The Bertz CT molecular complexity index is 459. The summed E-state index contributed by atoms with van der Waals surface area (Å²) in [6.45, 7) is 2.04. The SMILES string of the molecule is COCCNc1nc(N)c(C(=O)N(C)CC2CCC2)s1. The number of nitrogens with one attached hydrogen (secondary N) is 1. The Balaban J connectivity index is 1.94. The minimum Gasteiger partial charge on any atom is -0.383 e. The molecule has 1 amide bonds. The van der Waals surface area contributed by atoms with Gasteiger partial charge in [-0.2, -0.15) is 0 Å². The van der Waals surface area contributed by atoms with Crippen molar-refractivity contribution in [2.24, 2.45) is 5.92 Å². The van der Waals surface area contributed by atoms with E-state index in [1.54, 1.807) is 12.0 Å². The molecule has 0 atom stereocenters. The summed E-state index contributed by atoms with van der Waals surface area (Å²) in [5.41, 5.74) is 5.84. The number of hydrogen-bond donors (Lipinski definition) is 2. The first-order chi connectivity index (χ1) is 9.61. The Kier molecular flexibility index (Phi) is 5.19. The van der Waals surface area contributed by atoms with E-state index in [1.165, 1.54) is 30.6 Å². The highest BCUT2D eigenvalue weighted by molar-refractivity contribution is 7.18. The number of carbonyl (C=O) groups is 1. The molecule has 1 saturated carbocycles. The second kappa shape index (κ2) is 6.90. The number of methoxy groups -OCH3 is 1. The Labute approximate surface area is 123 Å². The van der Waals surface area contributed by atoms with Crippen molar-refractivity contribution in [2.45, 2.75) is 19.3 Å². The third kappa shape index (κ3) is 3.61. The molecule has 1 aromatic rings. The summed E-state index contributed by atoms with van der Waals surface area (Å²) < 4.78 is 4.96. The van der Waals surface area contributed by atoms with Crippen molar-refractivity contribution in [1.82, 2.24) is 9.88 Å². The lowest BCUT2D eigenvalue weighted by atomic mass is 9.85. The van der Waals surface area contributed by atoms with E-state index in [1.807, 2.05) is 7.05 Å². The standard InChI is InChI=1S/C13H22N4O2S/c1-17(8-9-4-3-5-9)12(18)10-11(14)16-13(20-10)15-6-7-19-2/h9H,3-8,14H2,1-2H3,(H,15,16). The highest BCUT2D eigenvalue weighted by Gasteiger charge is 2.24. The third-order valence-corrected chi connectivity index (χ3v) is 4.55. The zero-order chi connectivity index (χ0) is 14.5. The van der Waals surface area contributed by atoms with Gasteiger partial charge in [-0.05, 0) is 18.8 Å². The molecule has 0 radical (unpaired) electrons. The summed E-state index contributed by atoms with van der Waals surface area (Å²) in [6, 6.07) is 0. The van der Waals surface area contributed by atoms with Crippen LogP contribution in [0.3, 0.4) is 0 Å². The van der Waals surface area contributed by atoms with Gasteiger partial charge in [0.05, 0.1) is 6.61 Å². The fourth-order valence-electron chi connectivity index (χ4n) is 2.14. The van der Waals surface area contributed by atoms with E-state index in [0.29, 0.717) is 34.9 Å². The van der Waals surface area contributed by atoms with Gasteiger partial charge in [-0.1, -0.05) is 17.8 Å². The molecule has 0 bridgehead atoms. The number of nitrogen functional groups attached to an aromatic ring is 1. The van der Waals surface area contributed by atoms with Crippen LogP contribution in [0.15, 0.2) is 0 Å². The summed E-state index contributed by atoms with van der Waals surface area (Å²) in [7, 11) is 3.47. The maximum absolute atomic E-state index is 12.3. The van der Waals surface area contributed by atoms with Gasteiger partial charge < -0.3 is 20.7 Å². The van der Waals surface area contributed by atoms with Crippen molar-refractivity contribution in [3.05, 3.63) is 4.88 Å². The van der Waals surface area contributed by atoms with Gasteiger partial charge in [0.2, 0.25) is 0 Å². The Morgan fingerprint density at radius 3 is 2.95 bits per heavy atom. The first kappa shape index (κ1) is 15.1. The fourth-order valence-corrected chi connectivity index (χ4v) is 3.04. The van der Waals surface area contributed by atoms with E-state index in [2.05, 4.69) is 10.3 Å². The molecule has 6 nitrogen and oxygen atoms in total. The van der Waals surface area contributed by atoms with E-state index in [0.717, 1.165) is 6.54 Å². The quantitative estimate of drug-likeness (QED) is 0.748. The molecule has 0 aromatic carbocycles. The molecule has 3 N–H and O–H groups in total. The maximum atomic E-state index is 12.3. The van der Waals surface area contributed by atoms with Crippen molar-refractivity contribution >= 4 is 28.2 Å². The molecule has 0 aliphatic heterocycles. The summed E-state index contributed by atoms with van der Waals surface area (Å²) in [5, 5.41) is 3.76. The molecule has 112 valence electrons. The second-order valence-corrected chi connectivity index (χ2v) is 6.13. The molecule has 1 aliphatic rings. The van der Waals surface area contributed by atoms with E-state index in [4.69, 9.17) is 10.5 Å². The number of ether oxygens (including phenoxy) is 1. The number of anilines is 2. The minimum absolute atomic E-state index is 0.0355. The first-order valence-corrected chi connectivity index (χ1v) is 7.68. The predicted octanol–water partition coefficient (Wildman–Crippen LogP) is 1.66. The molecule has 0 saturated heterocycles. The fraction of sp³-hybridized carbons (Fsp3) is 0.692. The van der Waals surface area contributed by atoms with Gasteiger partial charge in [-0.3, -0.25) is 4.79 Å². The van der Waals surface area contributed by atoms with Crippen LogP contribution in [0, 0.1) is 5.92 Å². The van der Waals surface area contributed by atoms with Gasteiger partial charge in [-0.15, -0.1) is 0 Å². The molecule has 1 aromatic heterocycles. The number of thiazole rings is 1. The lowest BCUT2D eigenvalue weighted by Crippen LogP contribution is -2.34. The van der Waals surface area contributed by atoms with Gasteiger partial charge in [0.15, 0.2) is 5.13 Å². The zero-order valence-electron chi connectivity index (χ0n) is 12.0. The monoisotopic (exact) mass is 298 g/mol. The normalized spacial score (nSPS) is 14.9. The molecule has 7 heteroatoms. The molecule has 0 unspecified atom stereocenters. The van der Waals surface area contributed by atoms with Crippen LogP contribution in [0.25, 0.3) is 0 Å². The van der Waals surface area contributed by atoms with Crippen LogP contribution in [0.1, 0.15) is 28.9 Å². The number of amides is 1. The van der Waals surface area contributed by atoms with Crippen LogP contribution < -0.4 is 11.1 Å². The van der Waals surface area contributed by atoms with Gasteiger partial charge in [0.1, 0.15) is 10.7 Å². The van der Waals surface area contributed by atoms with Crippen molar-refractivity contribution in [2.75, 3.05) is 44.9 Å². The molecule has 1 fully saturated rings. The largest absolute Gasteiger partial charge is 0.383 e. The molecule has 2 rings (SSSR count). The zero-order valence-corrected chi connectivity index (χ0v) is 12.8. The van der Waals surface area contributed by atoms with Crippen molar-refractivity contribution in [1.29, 1.82) is 0 Å². The summed E-state index contributed by atoms with van der Waals surface area (Å²) in [6.07, 6.45) is 3.72. The van der Waals surface area contributed by atoms with Crippen LogP contribution >= 0.6 is 11.3 Å². The highest BCUT2D eigenvalue weighted by Crippen LogP contribution is 2.29. The first-order valence-electron chi connectivity index (χ1n) is 6.86. The average Bonchev–Trinajstić information content (AvgIpc) is 2.74. The molecule has 20 heavy (non-hydrogen) atoms. The Morgan fingerprint density at radius 2 is 2.35 bits per heavy atom. The second-order valence-electron chi connectivity index (χ2n) is 5.14. The number of rotatable bonds is 7. The van der Waals surface area contributed by atoms with E-state index >= 15 is 0 Å².